The molecule has 1 aliphatic rings. The summed E-state index contributed by atoms with van der Waals surface area (Å²) in [5.41, 5.74) is 1.50. The van der Waals surface area contributed by atoms with Gasteiger partial charge in [-0.3, -0.25) is 9.48 Å². The van der Waals surface area contributed by atoms with Gasteiger partial charge in [0.2, 0.25) is 0 Å². The number of amides is 1. The van der Waals surface area contributed by atoms with Crippen LogP contribution in [0.15, 0.2) is 24.4 Å². The third kappa shape index (κ3) is 5.55. The van der Waals surface area contributed by atoms with Gasteiger partial charge in [-0.1, -0.05) is 13.8 Å². The van der Waals surface area contributed by atoms with Crippen LogP contribution in [-0.4, -0.2) is 38.4 Å². The van der Waals surface area contributed by atoms with E-state index < -0.39 is 0 Å². The maximum absolute atomic E-state index is 12.9. The van der Waals surface area contributed by atoms with Crippen LogP contribution in [0.4, 0.5) is 11.6 Å². The molecule has 3 rings (SSSR count). The largest absolute Gasteiger partial charge is 0.396 e. The number of carbonyl (C=O) groups is 1. The smallest absolute Gasteiger partial charge is 0.260 e. The Kier molecular flexibility index (Phi) is 6.67. The minimum atomic E-state index is -0.219. The number of hydrogen-bond donors (Lipinski definition) is 3. The number of aromatic nitrogens is 3. The lowest BCUT2D eigenvalue weighted by molar-refractivity contribution is 0.102. The highest BCUT2D eigenvalue weighted by Crippen LogP contribution is 2.32. The van der Waals surface area contributed by atoms with Gasteiger partial charge in [0, 0.05) is 32.0 Å². The summed E-state index contributed by atoms with van der Waals surface area (Å²) in [6.45, 7) is 4.37. The summed E-state index contributed by atoms with van der Waals surface area (Å²) >= 11 is 0. The van der Waals surface area contributed by atoms with Gasteiger partial charge in [-0.05, 0) is 56.1 Å². The van der Waals surface area contributed by atoms with E-state index in [4.69, 9.17) is 0 Å². The molecule has 1 aliphatic carbocycles. The molecule has 1 fully saturated rings. The molecule has 152 valence electrons. The normalized spacial score (nSPS) is 14.9. The van der Waals surface area contributed by atoms with E-state index in [9.17, 15) is 9.90 Å². The summed E-state index contributed by atoms with van der Waals surface area (Å²) in [5.74, 6) is 2.23. The molecule has 3 N–H and O–H groups in total. The van der Waals surface area contributed by atoms with Gasteiger partial charge in [-0.25, -0.2) is 4.98 Å². The molecule has 1 atom stereocenters. The highest BCUT2D eigenvalue weighted by Gasteiger charge is 2.24. The Hall–Kier alpha value is -2.41. The molecule has 0 spiro atoms. The van der Waals surface area contributed by atoms with Crippen molar-refractivity contribution in [3.05, 3.63) is 35.7 Å². The van der Waals surface area contributed by atoms with Gasteiger partial charge in [-0.2, -0.15) is 5.10 Å². The molecule has 2 aromatic heterocycles. The molecular formula is C21H31N5O2. The highest BCUT2D eigenvalue weighted by molar-refractivity contribution is 6.07. The first-order valence-electron chi connectivity index (χ1n) is 10.1. The van der Waals surface area contributed by atoms with Crippen LogP contribution in [0.25, 0.3) is 0 Å². The van der Waals surface area contributed by atoms with Crippen molar-refractivity contribution in [1.29, 1.82) is 0 Å². The first kappa shape index (κ1) is 20.3. The first-order valence-corrected chi connectivity index (χ1v) is 10.1. The average molecular weight is 386 g/mol. The Balaban J connectivity index is 1.72. The van der Waals surface area contributed by atoms with E-state index in [0.717, 1.165) is 24.5 Å². The van der Waals surface area contributed by atoms with Crippen molar-refractivity contribution >= 4 is 17.5 Å². The number of aliphatic hydroxyl groups excluding tert-OH is 1. The van der Waals surface area contributed by atoms with Gasteiger partial charge in [-0.15, -0.1) is 0 Å². The zero-order valence-electron chi connectivity index (χ0n) is 17.0. The summed E-state index contributed by atoms with van der Waals surface area (Å²) in [6, 6.07) is 5.53. The predicted octanol–water partition coefficient (Wildman–Crippen LogP) is 3.23. The van der Waals surface area contributed by atoms with Crippen molar-refractivity contribution in [1.82, 2.24) is 14.8 Å². The van der Waals surface area contributed by atoms with Crippen molar-refractivity contribution in [3.8, 4) is 0 Å². The number of hydrogen-bond acceptors (Lipinski definition) is 5. The molecule has 1 unspecified atom stereocenters. The second kappa shape index (κ2) is 9.19. The number of anilines is 2. The fourth-order valence-corrected chi connectivity index (χ4v) is 3.42. The van der Waals surface area contributed by atoms with Gasteiger partial charge in [0.05, 0.1) is 11.3 Å². The zero-order chi connectivity index (χ0) is 20.1. The Labute approximate surface area is 166 Å². The molecular weight excluding hydrogens is 354 g/mol. The van der Waals surface area contributed by atoms with Crippen LogP contribution in [0.3, 0.4) is 0 Å². The van der Waals surface area contributed by atoms with E-state index >= 15 is 0 Å². The van der Waals surface area contributed by atoms with Crippen LogP contribution in [0.1, 0.15) is 55.6 Å². The van der Waals surface area contributed by atoms with Crippen molar-refractivity contribution in [3.63, 3.8) is 0 Å². The second-order valence-corrected chi connectivity index (χ2v) is 8.13. The number of rotatable bonds is 10. The zero-order valence-corrected chi connectivity index (χ0v) is 17.0. The Morgan fingerprint density at radius 3 is 2.86 bits per heavy atom. The van der Waals surface area contributed by atoms with Crippen molar-refractivity contribution < 1.29 is 9.90 Å². The first-order chi connectivity index (χ1) is 13.5. The summed E-state index contributed by atoms with van der Waals surface area (Å²) in [5, 5.41) is 20.2. The molecule has 2 heterocycles. The standard InChI is InChI=1S/C21H31N5O2/c1-14(2)11-16(8-10-27)23-20-18(5-4-9-22-20)21(28)24-19-13-17(25-26(19)3)12-15-6-7-15/h4-5,9,13-16,27H,6-8,10-12H2,1-3H3,(H,22,23)(H,24,28). The van der Waals surface area contributed by atoms with Crippen LogP contribution in [0, 0.1) is 11.8 Å². The third-order valence-corrected chi connectivity index (χ3v) is 4.99. The minimum absolute atomic E-state index is 0.0632. The summed E-state index contributed by atoms with van der Waals surface area (Å²) in [7, 11) is 1.84. The van der Waals surface area contributed by atoms with Crippen LogP contribution in [0.5, 0.6) is 0 Å². The van der Waals surface area contributed by atoms with E-state index in [1.165, 1.54) is 12.8 Å². The maximum atomic E-state index is 12.9. The van der Waals surface area contributed by atoms with E-state index in [0.29, 0.717) is 29.5 Å². The predicted molar refractivity (Wildman–Crippen MR) is 110 cm³/mol. The van der Waals surface area contributed by atoms with Crippen LogP contribution < -0.4 is 10.6 Å². The van der Waals surface area contributed by atoms with Gasteiger partial charge in [0.15, 0.2) is 0 Å². The van der Waals surface area contributed by atoms with Gasteiger partial charge in [0.25, 0.3) is 5.91 Å². The van der Waals surface area contributed by atoms with Crippen LogP contribution in [-0.2, 0) is 13.5 Å². The highest BCUT2D eigenvalue weighted by atomic mass is 16.3. The summed E-state index contributed by atoms with van der Waals surface area (Å²) in [6.07, 6.45) is 6.69. The van der Waals surface area contributed by atoms with Crippen molar-refractivity contribution in [2.24, 2.45) is 18.9 Å². The molecule has 0 bridgehead atoms. The van der Waals surface area contributed by atoms with Gasteiger partial charge < -0.3 is 15.7 Å². The summed E-state index contributed by atoms with van der Waals surface area (Å²) in [4.78, 5) is 17.3. The molecule has 7 heteroatoms. The number of carbonyl (C=O) groups excluding carboxylic acids is 1. The van der Waals surface area contributed by atoms with E-state index in [-0.39, 0.29) is 18.6 Å². The molecule has 1 amide bonds. The number of nitrogens with zero attached hydrogens (tertiary/aromatic N) is 3. The molecule has 0 radical (unpaired) electrons. The lowest BCUT2D eigenvalue weighted by Gasteiger charge is -2.21. The quantitative estimate of drug-likeness (QED) is 0.584. The van der Waals surface area contributed by atoms with E-state index in [1.807, 2.05) is 13.1 Å². The van der Waals surface area contributed by atoms with Crippen LogP contribution in [0.2, 0.25) is 0 Å². The Morgan fingerprint density at radius 2 is 2.18 bits per heavy atom. The topological polar surface area (TPSA) is 92.1 Å². The molecule has 1 saturated carbocycles. The maximum Gasteiger partial charge on any atom is 0.260 e. The third-order valence-electron chi connectivity index (χ3n) is 4.99. The van der Waals surface area contributed by atoms with Crippen molar-refractivity contribution in [2.45, 2.75) is 52.0 Å². The van der Waals surface area contributed by atoms with Crippen LogP contribution >= 0.6 is 0 Å². The van der Waals surface area contributed by atoms with E-state index in [2.05, 4.69) is 34.6 Å². The molecule has 7 nitrogen and oxygen atoms in total. The second-order valence-electron chi connectivity index (χ2n) is 8.13. The fraction of sp³-hybridized carbons (Fsp3) is 0.571. The number of pyridine rings is 1. The lowest BCUT2D eigenvalue weighted by Crippen LogP contribution is -2.26. The minimum Gasteiger partial charge on any atom is -0.396 e. The molecule has 0 saturated heterocycles. The molecule has 28 heavy (non-hydrogen) atoms. The monoisotopic (exact) mass is 385 g/mol. The number of aryl methyl sites for hydroxylation is 1. The van der Waals surface area contributed by atoms with Gasteiger partial charge >= 0.3 is 0 Å². The average Bonchev–Trinajstić information content (AvgIpc) is 3.38. The lowest BCUT2D eigenvalue weighted by atomic mass is 10.0. The molecule has 2 aromatic rings. The SMILES string of the molecule is CC(C)CC(CCO)Nc1ncccc1C(=O)Nc1cc(CC2CC2)nn1C. The number of aliphatic hydroxyl groups is 1. The summed E-state index contributed by atoms with van der Waals surface area (Å²) < 4.78 is 1.71. The Morgan fingerprint density at radius 1 is 1.39 bits per heavy atom. The van der Waals surface area contributed by atoms with Crippen molar-refractivity contribution in [2.75, 3.05) is 17.2 Å². The number of nitrogens with one attached hydrogen (secondary N) is 2. The van der Waals surface area contributed by atoms with E-state index in [1.54, 1.807) is 23.0 Å². The fourth-order valence-electron chi connectivity index (χ4n) is 3.42. The molecule has 0 aromatic carbocycles. The molecule has 0 aliphatic heterocycles. The van der Waals surface area contributed by atoms with Gasteiger partial charge in [0.1, 0.15) is 11.6 Å². The Bertz CT molecular complexity index is 798.